The quantitative estimate of drug-likeness (QED) is 0.582. The third-order valence-corrected chi connectivity index (χ3v) is 5.19. The van der Waals surface area contributed by atoms with Crippen LogP contribution in [0.1, 0.15) is 57.6 Å². The lowest BCUT2D eigenvalue weighted by atomic mass is 9.58. The van der Waals surface area contributed by atoms with Crippen molar-refractivity contribution in [3.8, 4) is 0 Å². The molecular weight excluding hydrogens is 283 g/mol. The Morgan fingerprint density at radius 2 is 1.73 bits per heavy atom. The molecule has 1 aromatic rings. The molecule has 4 heteroatoms. The van der Waals surface area contributed by atoms with Crippen LogP contribution in [0.4, 0.5) is 4.39 Å². The van der Waals surface area contributed by atoms with E-state index in [4.69, 9.17) is 4.74 Å². The van der Waals surface area contributed by atoms with E-state index in [1.165, 1.54) is 6.07 Å². The van der Waals surface area contributed by atoms with E-state index in [0.717, 1.165) is 19.3 Å². The van der Waals surface area contributed by atoms with Gasteiger partial charge in [0.25, 0.3) is 0 Å². The van der Waals surface area contributed by atoms with Crippen LogP contribution in [0, 0.1) is 16.6 Å². The average molecular weight is 304 g/mol. The Bertz CT molecular complexity index is 615. The lowest BCUT2D eigenvalue weighted by molar-refractivity contribution is -0.192. The van der Waals surface area contributed by atoms with Gasteiger partial charge in [-0.05, 0) is 32.8 Å². The number of hydrogen-bond acceptors (Lipinski definition) is 3. The van der Waals surface area contributed by atoms with E-state index in [-0.39, 0.29) is 5.78 Å². The number of carbonyl (C=O) groups excluding carboxylic acids is 2. The molecule has 2 fully saturated rings. The van der Waals surface area contributed by atoms with Gasteiger partial charge in [-0.2, -0.15) is 0 Å². The molecule has 22 heavy (non-hydrogen) atoms. The largest absolute Gasteiger partial charge is 0.456 e. The van der Waals surface area contributed by atoms with E-state index in [9.17, 15) is 14.0 Å². The topological polar surface area (TPSA) is 43.4 Å². The Morgan fingerprint density at radius 1 is 1.09 bits per heavy atom. The number of Topliss-reactive ketones (excluding diaryl/α,β-unsaturated/α-hetero) is 1. The summed E-state index contributed by atoms with van der Waals surface area (Å²) in [5.41, 5.74) is -1.61. The molecule has 1 heterocycles. The molecule has 1 aliphatic carbocycles. The molecule has 0 amide bonds. The molecule has 1 saturated heterocycles. The molecule has 118 valence electrons. The SMILES string of the molecule is CC1(C)C(=O)O[C@H](c2ccccc2F)C2(CCCCC2)C1=O. The normalized spacial score (nSPS) is 26.8. The summed E-state index contributed by atoms with van der Waals surface area (Å²) in [6, 6.07) is 6.29. The molecule has 1 saturated carbocycles. The summed E-state index contributed by atoms with van der Waals surface area (Å²) in [5.74, 6) is -1.07. The van der Waals surface area contributed by atoms with Gasteiger partial charge in [-0.15, -0.1) is 0 Å². The van der Waals surface area contributed by atoms with E-state index in [2.05, 4.69) is 0 Å². The molecule has 1 spiro atoms. The van der Waals surface area contributed by atoms with Gasteiger partial charge in [-0.1, -0.05) is 37.5 Å². The van der Waals surface area contributed by atoms with Gasteiger partial charge in [-0.25, -0.2) is 4.39 Å². The van der Waals surface area contributed by atoms with Gasteiger partial charge in [0, 0.05) is 5.56 Å². The minimum absolute atomic E-state index is 0.0933. The summed E-state index contributed by atoms with van der Waals surface area (Å²) >= 11 is 0. The lowest BCUT2D eigenvalue weighted by Gasteiger charge is -2.49. The number of carbonyl (C=O) groups is 2. The zero-order valence-electron chi connectivity index (χ0n) is 13.0. The third-order valence-electron chi connectivity index (χ3n) is 5.19. The standard InChI is InChI=1S/C18H21FO3/c1-17(2)15(20)18(10-6-3-7-11-18)14(22-16(17)21)12-8-4-5-9-13(12)19/h4-5,8-9,14H,3,6-7,10-11H2,1-2H3/t14-/m1/s1. The first-order valence-corrected chi connectivity index (χ1v) is 7.90. The number of ketones is 1. The number of esters is 1. The second kappa shape index (κ2) is 5.18. The molecule has 3 rings (SSSR count). The van der Waals surface area contributed by atoms with Crippen molar-refractivity contribution in [3.63, 3.8) is 0 Å². The number of benzene rings is 1. The maximum Gasteiger partial charge on any atom is 0.319 e. The summed E-state index contributed by atoms with van der Waals surface area (Å²) in [6.45, 7) is 3.23. The second-order valence-corrected chi connectivity index (χ2v) is 6.98. The van der Waals surface area contributed by atoms with Gasteiger partial charge >= 0.3 is 5.97 Å². The van der Waals surface area contributed by atoms with E-state index in [1.54, 1.807) is 32.0 Å². The molecule has 1 aromatic carbocycles. The number of cyclic esters (lactones) is 1. The van der Waals surface area contributed by atoms with Crippen LogP contribution in [0.25, 0.3) is 0 Å². The van der Waals surface area contributed by atoms with Crippen molar-refractivity contribution >= 4 is 11.8 Å². The van der Waals surface area contributed by atoms with Crippen LogP contribution < -0.4 is 0 Å². The van der Waals surface area contributed by atoms with Gasteiger partial charge in [-0.3, -0.25) is 9.59 Å². The van der Waals surface area contributed by atoms with E-state index in [0.29, 0.717) is 18.4 Å². The predicted octanol–water partition coefficient (Wildman–Crippen LogP) is 3.97. The molecule has 1 atom stereocenters. The van der Waals surface area contributed by atoms with Crippen molar-refractivity contribution in [2.75, 3.05) is 0 Å². The van der Waals surface area contributed by atoms with Crippen molar-refractivity contribution in [1.82, 2.24) is 0 Å². The highest BCUT2D eigenvalue weighted by molar-refractivity contribution is 6.08. The number of hydrogen-bond donors (Lipinski definition) is 0. The summed E-state index contributed by atoms with van der Waals surface area (Å²) in [5, 5.41) is 0. The minimum Gasteiger partial charge on any atom is -0.456 e. The van der Waals surface area contributed by atoms with Crippen LogP contribution in [0.15, 0.2) is 24.3 Å². The second-order valence-electron chi connectivity index (χ2n) is 6.98. The first kappa shape index (κ1) is 15.2. The van der Waals surface area contributed by atoms with Crippen LogP contribution in [0.3, 0.4) is 0 Å². The van der Waals surface area contributed by atoms with Gasteiger partial charge in [0.2, 0.25) is 0 Å². The summed E-state index contributed by atoms with van der Waals surface area (Å²) in [4.78, 5) is 25.4. The van der Waals surface area contributed by atoms with Crippen molar-refractivity contribution in [1.29, 1.82) is 0 Å². The predicted molar refractivity (Wildman–Crippen MR) is 79.5 cm³/mol. The third kappa shape index (κ3) is 2.08. The maximum atomic E-state index is 14.3. The maximum absolute atomic E-state index is 14.3. The Hall–Kier alpha value is -1.71. The smallest absolute Gasteiger partial charge is 0.319 e. The molecule has 0 N–H and O–H groups in total. The van der Waals surface area contributed by atoms with Crippen molar-refractivity contribution in [2.24, 2.45) is 10.8 Å². The molecule has 3 nitrogen and oxygen atoms in total. The molecule has 1 aliphatic heterocycles. The highest BCUT2D eigenvalue weighted by atomic mass is 19.1. The average Bonchev–Trinajstić information content (AvgIpc) is 2.52. The van der Waals surface area contributed by atoms with Crippen molar-refractivity contribution in [2.45, 2.75) is 52.1 Å². The summed E-state index contributed by atoms with van der Waals surface area (Å²) in [6.07, 6.45) is 3.38. The van der Waals surface area contributed by atoms with E-state index < -0.39 is 28.7 Å². The number of halogens is 1. The molecule has 0 radical (unpaired) electrons. The molecular formula is C18H21FO3. The fourth-order valence-corrected chi connectivity index (χ4v) is 3.92. The van der Waals surface area contributed by atoms with Gasteiger partial charge in [0.15, 0.2) is 5.78 Å². The molecule has 0 aromatic heterocycles. The van der Waals surface area contributed by atoms with Gasteiger partial charge < -0.3 is 4.74 Å². The van der Waals surface area contributed by atoms with Gasteiger partial charge in [0.05, 0.1) is 5.41 Å². The van der Waals surface area contributed by atoms with E-state index >= 15 is 0 Å². The lowest BCUT2D eigenvalue weighted by Crippen LogP contribution is -2.55. The minimum atomic E-state index is -1.15. The summed E-state index contributed by atoms with van der Waals surface area (Å²) in [7, 11) is 0. The van der Waals surface area contributed by atoms with Crippen LogP contribution in [0.5, 0.6) is 0 Å². The highest BCUT2D eigenvalue weighted by Gasteiger charge is 2.60. The van der Waals surface area contributed by atoms with E-state index in [1.807, 2.05) is 0 Å². The zero-order chi connectivity index (χ0) is 16.0. The van der Waals surface area contributed by atoms with Crippen LogP contribution in [-0.4, -0.2) is 11.8 Å². The van der Waals surface area contributed by atoms with Crippen molar-refractivity contribution in [3.05, 3.63) is 35.6 Å². The number of rotatable bonds is 1. The highest BCUT2D eigenvalue weighted by Crippen LogP contribution is 2.55. The Labute approximate surface area is 129 Å². The fourth-order valence-electron chi connectivity index (χ4n) is 3.92. The Kier molecular flexibility index (Phi) is 3.58. The fraction of sp³-hybridized carbons (Fsp3) is 0.556. The molecule has 0 unspecified atom stereocenters. The Morgan fingerprint density at radius 3 is 2.36 bits per heavy atom. The van der Waals surface area contributed by atoms with Crippen LogP contribution in [0.2, 0.25) is 0 Å². The molecule has 0 bridgehead atoms. The summed E-state index contributed by atoms with van der Waals surface area (Å²) < 4.78 is 19.9. The monoisotopic (exact) mass is 304 g/mol. The van der Waals surface area contributed by atoms with Crippen LogP contribution in [-0.2, 0) is 14.3 Å². The first-order valence-electron chi connectivity index (χ1n) is 7.90. The first-order chi connectivity index (χ1) is 10.4. The van der Waals surface area contributed by atoms with Crippen molar-refractivity contribution < 1.29 is 18.7 Å². The molecule has 2 aliphatic rings. The number of ether oxygens (including phenoxy) is 1. The van der Waals surface area contributed by atoms with Gasteiger partial charge in [0.1, 0.15) is 17.3 Å². The van der Waals surface area contributed by atoms with Crippen LogP contribution >= 0.6 is 0 Å². The zero-order valence-corrected chi connectivity index (χ0v) is 13.0. The Balaban J connectivity index is 2.12.